The third-order valence-electron chi connectivity index (χ3n) is 4.57. The van der Waals surface area contributed by atoms with Crippen LogP contribution in [0.4, 0.5) is 11.8 Å². The Balaban J connectivity index is 1.52. The van der Waals surface area contributed by atoms with E-state index < -0.39 is 0 Å². The van der Waals surface area contributed by atoms with Gasteiger partial charge >= 0.3 is 0 Å². The van der Waals surface area contributed by atoms with Crippen molar-refractivity contribution < 1.29 is 0 Å². The molecule has 4 heterocycles. The smallest absolute Gasteiger partial charge is 0.226 e. The molecule has 1 aliphatic rings. The number of aromatic nitrogens is 5. The number of rotatable bonds is 2. The van der Waals surface area contributed by atoms with E-state index in [-0.39, 0.29) is 0 Å². The number of nitrogens with zero attached hydrogens (tertiary/aromatic N) is 8. The van der Waals surface area contributed by atoms with E-state index in [1.807, 2.05) is 30.5 Å². The number of anilines is 2. The Kier molecular flexibility index (Phi) is 3.69. The van der Waals surface area contributed by atoms with Crippen LogP contribution in [0.15, 0.2) is 24.4 Å². The summed E-state index contributed by atoms with van der Waals surface area (Å²) >= 11 is 0. The lowest BCUT2D eigenvalue weighted by molar-refractivity contribution is 0.628. The lowest BCUT2D eigenvalue weighted by Gasteiger charge is -2.35. The van der Waals surface area contributed by atoms with Crippen molar-refractivity contribution >= 4 is 17.4 Å². The molecule has 1 aliphatic heterocycles. The fourth-order valence-electron chi connectivity index (χ4n) is 3.01. The van der Waals surface area contributed by atoms with E-state index in [1.54, 1.807) is 12.3 Å². The Morgan fingerprint density at radius 1 is 1.00 bits per heavy atom. The number of piperazine rings is 1. The molecule has 0 unspecified atom stereocenters. The zero-order chi connectivity index (χ0) is 17.4. The monoisotopic (exact) mass is 334 g/mol. The highest BCUT2D eigenvalue weighted by atomic mass is 15.4. The second-order valence-electron chi connectivity index (χ2n) is 6.07. The van der Waals surface area contributed by atoms with E-state index in [1.165, 1.54) is 0 Å². The first-order valence-corrected chi connectivity index (χ1v) is 8.22. The first-order chi connectivity index (χ1) is 12.2. The topological polar surface area (TPSA) is 86.2 Å². The van der Waals surface area contributed by atoms with E-state index in [0.717, 1.165) is 49.0 Å². The van der Waals surface area contributed by atoms with Crippen molar-refractivity contribution in [3.05, 3.63) is 41.5 Å². The van der Waals surface area contributed by atoms with Gasteiger partial charge in [0.2, 0.25) is 5.95 Å². The molecule has 8 heteroatoms. The minimum Gasteiger partial charge on any atom is -0.352 e. The van der Waals surface area contributed by atoms with Gasteiger partial charge in [-0.25, -0.2) is 19.5 Å². The average molecular weight is 334 g/mol. The van der Waals surface area contributed by atoms with Gasteiger partial charge in [-0.05, 0) is 32.0 Å². The molecule has 4 rings (SSSR count). The van der Waals surface area contributed by atoms with Crippen molar-refractivity contribution in [1.29, 1.82) is 5.26 Å². The summed E-state index contributed by atoms with van der Waals surface area (Å²) in [5.41, 5.74) is 3.34. The molecule has 0 aromatic carbocycles. The van der Waals surface area contributed by atoms with Crippen LogP contribution in [0.3, 0.4) is 0 Å². The first kappa shape index (κ1) is 15.3. The van der Waals surface area contributed by atoms with E-state index in [4.69, 9.17) is 10.4 Å². The fourth-order valence-corrected chi connectivity index (χ4v) is 3.01. The largest absolute Gasteiger partial charge is 0.352 e. The highest BCUT2D eigenvalue weighted by Crippen LogP contribution is 2.18. The quantitative estimate of drug-likeness (QED) is 0.699. The summed E-state index contributed by atoms with van der Waals surface area (Å²) in [7, 11) is 0. The van der Waals surface area contributed by atoms with Crippen LogP contribution in [-0.4, -0.2) is 50.7 Å². The normalized spacial score (nSPS) is 14.8. The molecule has 0 saturated carbocycles. The van der Waals surface area contributed by atoms with Crippen molar-refractivity contribution in [2.24, 2.45) is 0 Å². The molecule has 0 N–H and O–H groups in total. The fraction of sp³-hybridized carbons (Fsp3) is 0.353. The number of fused-ring (bicyclic) bond motifs is 1. The highest BCUT2D eigenvalue weighted by molar-refractivity contribution is 5.49. The summed E-state index contributed by atoms with van der Waals surface area (Å²) in [5.74, 6) is 1.56. The number of nitriles is 1. The van der Waals surface area contributed by atoms with Crippen molar-refractivity contribution in [3.8, 4) is 6.07 Å². The lowest BCUT2D eigenvalue weighted by atomic mass is 10.3. The van der Waals surface area contributed by atoms with Gasteiger partial charge in [0.1, 0.15) is 17.6 Å². The standard InChI is InChI=1S/C17H18N8/c1-12-13(2)25-15(20-12)3-4-16(22-25)23-7-9-24(10-8-23)17-19-6-5-14(11-18)21-17/h3-6H,7-10H2,1-2H3. The van der Waals surface area contributed by atoms with Crippen LogP contribution in [0.1, 0.15) is 17.1 Å². The minimum atomic E-state index is 0.394. The maximum Gasteiger partial charge on any atom is 0.226 e. The maximum atomic E-state index is 8.98. The summed E-state index contributed by atoms with van der Waals surface area (Å²) in [6, 6.07) is 7.70. The predicted octanol–water partition coefficient (Wildman–Crippen LogP) is 1.33. The van der Waals surface area contributed by atoms with Crippen molar-refractivity contribution in [2.75, 3.05) is 36.0 Å². The van der Waals surface area contributed by atoms with Crippen LogP contribution in [0.5, 0.6) is 0 Å². The second kappa shape index (κ2) is 6.02. The van der Waals surface area contributed by atoms with Crippen LogP contribution in [0.25, 0.3) is 5.65 Å². The molecule has 126 valence electrons. The third-order valence-corrected chi connectivity index (χ3v) is 4.57. The van der Waals surface area contributed by atoms with Gasteiger partial charge in [0.25, 0.3) is 0 Å². The summed E-state index contributed by atoms with van der Waals surface area (Å²) in [6.45, 7) is 7.26. The average Bonchev–Trinajstić information content (AvgIpc) is 2.95. The van der Waals surface area contributed by atoms with E-state index in [0.29, 0.717) is 11.6 Å². The number of aryl methyl sites for hydroxylation is 2. The summed E-state index contributed by atoms with van der Waals surface area (Å²) in [6.07, 6.45) is 1.63. The molecule has 1 fully saturated rings. The van der Waals surface area contributed by atoms with Gasteiger partial charge in [-0.15, -0.1) is 5.10 Å². The molecule has 0 bridgehead atoms. The van der Waals surface area contributed by atoms with E-state index in [9.17, 15) is 0 Å². The molecule has 0 amide bonds. The van der Waals surface area contributed by atoms with Crippen molar-refractivity contribution in [2.45, 2.75) is 13.8 Å². The molecule has 3 aromatic rings. The predicted molar refractivity (Wildman–Crippen MR) is 93.6 cm³/mol. The van der Waals surface area contributed by atoms with Gasteiger partial charge in [-0.2, -0.15) is 5.26 Å². The SMILES string of the molecule is Cc1nc2ccc(N3CCN(c4nccc(C#N)n4)CC3)nn2c1C. The van der Waals surface area contributed by atoms with Crippen LogP contribution >= 0.6 is 0 Å². The van der Waals surface area contributed by atoms with Gasteiger partial charge < -0.3 is 9.80 Å². The van der Waals surface area contributed by atoms with E-state index >= 15 is 0 Å². The van der Waals surface area contributed by atoms with Crippen LogP contribution in [-0.2, 0) is 0 Å². The Bertz CT molecular complexity index is 962. The van der Waals surface area contributed by atoms with Crippen molar-refractivity contribution in [3.63, 3.8) is 0 Å². The molecular formula is C17H18N8. The zero-order valence-corrected chi connectivity index (χ0v) is 14.2. The maximum absolute atomic E-state index is 8.98. The molecule has 25 heavy (non-hydrogen) atoms. The molecule has 1 saturated heterocycles. The Labute approximate surface area is 145 Å². The Morgan fingerprint density at radius 3 is 2.52 bits per heavy atom. The molecule has 0 aliphatic carbocycles. The van der Waals surface area contributed by atoms with Gasteiger partial charge in [-0.1, -0.05) is 0 Å². The van der Waals surface area contributed by atoms with Crippen LogP contribution < -0.4 is 9.80 Å². The summed E-state index contributed by atoms with van der Waals surface area (Å²) in [4.78, 5) is 17.4. The number of hydrogen-bond acceptors (Lipinski definition) is 7. The number of hydrogen-bond donors (Lipinski definition) is 0. The zero-order valence-electron chi connectivity index (χ0n) is 14.2. The first-order valence-electron chi connectivity index (χ1n) is 8.22. The lowest BCUT2D eigenvalue weighted by Crippen LogP contribution is -2.47. The summed E-state index contributed by atoms with van der Waals surface area (Å²) < 4.78 is 1.90. The van der Waals surface area contributed by atoms with E-state index in [2.05, 4.69) is 30.8 Å². The highest BCUT2D eigenvalue weighted by Gasteiger charge is 2.21. The molecule has 0 spiro atoms. The minimum absolute atomic E-state index is 0.394. The molecule has 0 atom stereocenters. The summed E-state index contributed by atoms with van der Waals surface area (Å²) in [5, 5.41) is 13.7. The molecular weight excluding hydrogens is 316 g/mol. The van der Waals surface area contributed by atoms with Crippen molar-refractivity contribution in [1.82, 2.24) is 24.6 Å². The van der Waals surface area contributed by atoms with Gasteiger partial charge in [0, 0.05) is 32.4 Å². The number of imidazole rings is 1. The van der Waals surface area contributed by atoms with Gasteiger partial charge in [0.05, 0.1) is 11.4 Å². The van der Waals surface area contributed by atoms with Gasteiger partial charge in [0.15, 0.2) is 5.65 Å². The third kappa shape index (κ3) is 2.74. The van der Waals surface area contributed by atoms with Crippen LogP contribution in [0.2, 0.25) is 0 Å². The van der Waals surface area contributed by atoms with Gasteiger partial charge in [-0.3, -0.25) is 0 Å². The molecule has 8 nitrogen and oxygen atoms in total. The Morgan fingerprint density at radius 2 is 1.76 bits per heavy atom. The molecule has 3 aromatic heterocycles. The molecule has 0 radical (unpaired) electrons. The Hall–Kier alpha value is -3.21. The second-order valence-corrected chi connectivity index (χ2v) is 6.07. The van der Waals surface area contributed by atoms with Crippen LogP contribution in [0, 0.1) is 25.2 Å².